The first-order valence-electron chi connectivity index (χ1n) is 7.51. The highest BCUT2D eigenvalue weighted by atomic mass is 19.1. The summed E-state index contributed by atoms with van der Waals surface area (Å²) in [6, 6.07) is 7.31. The quantitative estimate of drug-likeness (QED) is 0.699. The van der Waals surface area contributed by atoms with Gasteiger partial charge in [0.05, 0.1) is 18.1 Å². The van der Waals surface area contributed by atoms with Crippen LogP contribution in [0.3, 0.4) is 0 Å². The fourth-order valence-corrected chi connectivity index (χ4v) is 1.93. The van der Waals surface area contributed by atoms with Gasteiger partial charge >= 0.3 is 0 Å². The van der Waals surface area contributed by atoms with Gasteiger partial charge in [-0.2, -0.15) is 5.26 Å². The zero-order valence-corrected chi connectivity index (χ0v) is 13.2. The molecule has 0 unspecified atom stereocenters. The molecule has 0 aliphatic rings. The van der Waals surface area contributed by atoms with Gasteiger partial charge in [0.15, 0.2) is 11.6 Å². The van der Waals surface area contributed by atoms with Gasteiger partial charge < -0.3 is 10.1 Å². The Bertz CT molecular complexity index is 480. The molecule has 0 aliphatic carbocycles. The molecular weight excluding hydrogens is 267 g/mol. The second-order valence-corrected chi connectivity index (χ2v) is 5.89. The van der Waals surface area contributed by atoms with E-state index in [9.17, 15) is 4.39 Å². The highest BCUT2D eigenvalue weighted by molar-refractivity contribution is 5.29. The van der Waals surface area contributed by atoms with E-state index in [2.05, 4.69) is 18.3 Å². The average molecular weight is 292 g/mol. The van der Waals surface area contributed by atoms with Crippen molar-refractivity contribution in [2.24, 2.45) is 5.41 Å². The summed E-state index contributed by atoms with van der Waals surface area (Å²) in [5.41, 5.74) is 0.565. The van der Waals surface area contributed by atoms with E-state index in [0.717, 1.165) is 31.4 Å². The first kappa shape index (κ1) is 17.5. The molecule has 1 rings (SSSR count). The molecule has 0 fully saturated rings. The van der Waals surface area contributed by atoms with Crippen LogP contribution in [-0.4, -0.2) is 13.2 Å². The van der Waals surface area contributed by atoms with E-state index >= 15 is 0 Å². The Labute approximate surface area is 127 Å². The molecule has 1 aromatic carbocycles. The zero-order chi connectivity index (χ0) is 15.7. The molecule has 1 N–H and O–H groups in total. The van der Waals surface area contributed by atoms with Crippen molar-refractivity contribution < 1.29 is 9.13 Å². The van der Waals surface area contributed by atoms with Crippen LogP contribution in [0.5, 0.6) is 5.75 Å². The second-order valence-electron chi connectivity index (χ2n) is 5.89. The minimum absolute atomic E-state index is 0.281. The maximum Gasteiger partial charge on any atom is 0.165 e. The van der Waals surface area contributed by atoms with E-state index in [1.165, 1.54) is 6.07 Å². The van der Waals surface area contributed by atoms with E-state index in [-0.39, 0.29) is 17.0 Å². The number of nitriles is 1. The van der Waals surface area contributed by atoms with Crippen LogP contribution in [0.2, 0.25) is 0 Å². The summed E-state index contributed by atoms with van der Waals surface area (Å²) in [5, 5.41) is 12.2. The first-order chi connectivity index (χ1) is 9.98. The van der Waals surface area contributed by atoms with Crippen molar-refractivity contribution in [3.63, 3.8) is 0 Å². The molecular formula is C17H25FN2O. The molecule has 0 aliphatic heterocycles. The van der Waals surface area contributed by atoms with E-state index in [0.29, 0.717) is 13.2 Å². The summed E-state index contributed by atoms with van der Waals surface area (Å²) >= 11 is 0. The molecule has 3 nitrogen and oxygen atoms in total. The predicted molar refractivity (Wildman–Crippen MR) is 82.5 cm³/mol. The Kier molecular flexibility index (Phi) is 7.18. The first-order valence-corrected chi connectivity index (χ1v) is 7.51. The van der Waals surface area contributed by atoms with Crippen LogP contribution in [-0.2, 0) is 6.54 Å². The molecule has 116 valence electrons. The summed E-state index contributed by atoms with van der Waals surface area (Å²) in [5.74, 6) is -0.0469. The number of nitrogens with zero attached hydrogens (tertiary/aromatic N) is 1. The smallest absolute Gasteiger partial charge is 0.165 e. The van der Waals surface area contributed by atoms with Crippen molar-refractivity contribution in [1.29, 1.82) is 5.26 Å². The maximum atomic E-state index is 13.9. The average Bonchev–Trinajstić information content (AvgIpc) is 2.45. The Hall–Kier alpha value is -1.60. The van der Waals surface area contributed by atoms with Crippen LogP contribution in [0.25, 0.3) is 0 Å². The summed E-state index contributed by atoms with van der Waals surface area (Å²) in [4.78, 5) is 0. The third-order valence-electron chi connectivity index (χ3n) is 3.26. The summed E-state index contributed by atoms with van der Waals surface area (Å²) in [7, 11) is 0. The molecule has 0 atom stereocenters. The molecule has 0 saturated carbocycles. The third-order valence-corrected chi connectivity index (χ3v) is 3.26. The lowest BCUT2D eigenvalue weighted by Crippen LogP contribution is -2.14. The SMILES string of the molecule is CCCNCc1ccc(OCCCC(C)(C)C#N)c(F)c1. The van der Waals surface area contributed by atoms with Crippen LogP contribution in [0.4, 0.5) is 4.39 Å². The molecule has 0 radical (unpaired) electrons. The van der Waals surface area contributed by atoms with Gasteiger partial charge in [0.1, 0.15) is 0 Å². The highest BCUT2D eigenvalue weighted by Crippen LogP contribution is 2.22. The van der Waals surface area contributed by atoms with Crippen LogP contribution in [0, 0.1) is 22.6 Å². The van der Waals surface area contributed by atoms with Crippen molar-refractivity contribution in [1.82, 2.24) is 5.32 Å². The Morgan fingerprint density at radius 3 is 2.76 bits per heavy atom. The summed E-state index contributed by atoms with van der Waals surface area (Å²) < 4.78 is 19.3. The van der Waals surface area contributed by atoms with Crippen molar-refractivity contribution in [3.05, 3.63) is 29.6 Å². The lowest BCUT2D eigenvalue weighted by atomic mass is 9.90. The topological polar surface area (TPSA) is 45.0 Å². The minimum atomic E-state index is -0.350. The number of ether oxygens (including phenoxy) is 1. The van der Waals surface area contributed by atoms with Crippen molar-refractivity contribution in [3.8, 4) is 11.8 Å². The fraction of sp³-hybridized carbons (Fsp3) is 0.588. The van der Waals surface area contributed by atoms with Crippen molar-refractivity contribution in [2.75, 3.05) is 13.2 Å². The normalized spacial score (nSPS) is 11.2. The van der Waals surface area contributed by atoms with Gasteiger partial charge in [-0.25, -0.2) is 4.39 Å². The Balaban J connectivity index is 2.41. The van der Waals surface area contributed by atoms with Gasteiger partial charge in [0.2, 0.25) is 0 Å². The van der Waals surface area contributed by atoms with Crippen LogP contribution >= 0.6 is 0 Å². The van der Waals surface area contributed by atoms with Gasteiger partial charge in [-0.05, 0) is 57.4 Å². The molecule has 0 aromatic heterocycles. The lowest BCUT2D eigenvalue weighted by Gasteiger charge is -2.15. The van der Waals surface area contributed by atoms with Gasteiger partial charge in [-0.3, -0.25) is 0 Å². The standard InChI is InChI=1S/C17H25FN2O/c1-4-9-20-12-14-6-7-16(15(18)11-14)21-10-5-8-17(2,3)13-19/h6-7,11,20H,4-5,8-10,12H2,1-3H3. The van der Waals surface area contributed by atoms with E-state index in [1.54, 1.807) is 6.07 Å². The number of nitrogens with one attached hydrogen (secondary N) is 1. The van der Waals surface area contributed by atoms with Crippen molar-refractivity contribution >= 4 is 0 Å². The Morgan fingerprint density at radius 2 is 2.14 bits per heavy atom. The lowest BCUT2D eigenvalue weighted by molar-refractivity contribution is 0.273. The van der Waals surface area contributed by atoms with Gasteiger partial charge in [-0.1, -0.05) is 13.0 Å². The summed E-state index contributed by atoms with van der Waals surface area (Å²) in [6.07, 6.45) is 2.53. The highest BCUT2D eigenvalue weighted by Gasteiger charge is 2.15. The molecule has 21 heavy (non-hydrogen) atoms. The fourth-order valence-electron chi connectivity index (χ4n) is 1.93. The maximum absolute atomic E-state index is 13.9. The molecule has 0 saturated heterocycles. The van der Waals surface area contributed by atoms with Crippen molar-refractivity contribution in [2.45, 2.75) is 46.6 Å². The molecule has 0 amide bonds. The van der Waals surface area contributed by atoms with Crippen LogP contribution < -0.4 is 10.1 Å². The number of halogens is 1. The molecule has 0 spiro atoms. The van der Waals surface area contributed by atoms with Crippen LogP contribution in [0.15, 0.2) is 18.2 Å². The number of hydrogen-bond acceptors (Lipinski definition) is 3. The van der Waals surface area contributed by atoms with E-state index in [1.807, 2.05) is 19.9 Å². The minimum Gasteiger partial charge on any atom is -0.491 e. The van der Waals surface area contributed by atoms with Gasteiger partial charge in [-0.15, -0.1) is 0 Å². The summed E-state index contributed by atoms with van der Waals surface area (Å²) in [6.45, 7) is 7.90. The largest absolute Gasteiger partial charge is 0.491 e. The number of benzene rings is 1. The zero-order valence-electron chi connectivity index (χ0n) is 13.2. The second kappa shape index (κ2) is 8.63. The number of hydrogen-bond donors (Lipinski definition) is 1. The number of rotatable bonds is 9. The molecule has 0 bridgehead atoms. The van der Waals surface area contributed by atoms with Crippen LogP contribution in [0.1, 0.15) is 45.6 Å². The van der Waals surface area contributed by atoms with E-state index in [4.69, 9.17) is 10.00 Å². The van der Waals surface area contributed by atoms with E-state index < -0.39 is 0 Å². The molecule has 0 heterocycles. The molecule has 4 heteroatoms. The predicted octanol–water partition coefficient (Wildman–Crippen LogP) is 4.03. The Morgan fingerprint density at radius 1 is 1.38 bits per heavy atom. The van der Waals surface area contributed by atoms with Gasteiger partial charge in [0, 0.05) is 6.54 Å². The van der Waals surface area contributed by atoms with Gasteiger partial charge in [0.25, 0.3) is 0 Å². The third kappa shape index (κ3) is 6.59. The monoisotopic (exact) mass is 292 g/mol. The molecule has 1 aromatic rings.